The number of hydrogen-bond acceptors (Lipinski definition) is 5. The van der Waals surface area contributed by atoms with Crippen molar-refractivity contribution in [3.8, 4) is 11.3 Å². The molecule has 0 radical (unpaired) electrons. The van der Waals surface area contributed by atoms with Gasteiger partial charge in [0.25, 0.3) is 0 Å². The minimum absolute atomic E-state index is 0.212. The van der Waals surface area contributed by atoms with Gasteiger partial charge in [-0.25, -0.2) is 0 Å². The molecule has 2 heterocycles. The van der Waals surface area contributed by atoms with Gasteiger partial charge in [0.15, 0.2) is 5.11 Å². The highest BCUT2D eigenvalue weighted by Crippen LogP contribution is 2.32. The van der Waals surface area contributed by atoms with Crippen LogP contribution >= 0.6 is 12.2 Å². The number of nitrogens with zero attached hydrogens (tertiary/aromatic N) is 3. The normalized spacial score (nSPS) is 16.0. The molecule has 0 bridgehead atoms. The molecule has 0 amide bonds. The predicted octanol–water partition coefficient (Wildman–Crippen LogP) is 4.06. The second-order valence-electron chi connectivity index (χ2n) is 7.20. The highest BCUT2D eigenvalue weighted by Gasteiger charge is 2.27. The Kier molecular flexibility index (Phi) is 7.89. The van der Waals surface area contributed by atoms with Crippen LogP contribution in [0.1, 0.15) is 39.2 Å². The molecule has 7 heteroatoms. The molecule has 1 fully saturated rings. The maximum absolute atomic E-state index is 5.89. The topological polar surface area (TPSA) is 53.8 Å². The van der Waals surface area contributed by atoms with Gasteiger partial charge >= 0.3 is 0 Å². The van der Waals surface area contributed by atoms with Gasteiger partial charge in [-0.1, -0.05) is 35.5 Å². The molecule has 2 aromatic rings. The third-order valence-electron chi connectivity index (χ3n) is 5.28. The lowest BCUT2D eigenvalue weighted by atomic mass is 10.1. The second kappa shape index (κ2) is 10.6. The lowest BCUT2D eigenvalue weighted by Crippen LogP contribution is -2.43. The molecular weight excluding hydrogens is 384 g/mol. The molecule has 3 rings (SSSR count). The summed E-state index contributed by atoms with van der Waals surface area (Å²) in [6.45, 7) is 11.1. The summed E-state index contributed by atoms with van der Waals surface area (Å²) in [5, 5.41) is 8.50. The molecule has 158 valence electrons. The zero-order valence-corrected chi connectivity index (χ0v) is 18.5. The largest absolute Gasteiger partial charge is 0.376 e. The average Bonchev–Trinajstić information content (AvgIpc) is 3.40. The molecule has 1 N–H and O–H groups in total. The molecular formula is C22H32N4O2S. The Morgan fingerprint density at radius 2 is 1.97 bits per heavy atom. The van der Waals surface area contributed by atoms with Gasteiger partial charge in [0.05, 0.1) is 18.2 Å². The molecule has 1 saturated heterocycles. The molecule has 1 aromatic heterocycles. The van der Waals surface area contributed by atoms with Crippen molar-refractivity contribution in [1.82, 2.24) is 15.4 Å². The summed E-state index contributed by atoms with van der Waals surface area (Å²) >= 11 is 5.70. The van der Waals surface area contributed by atoms with E-state index in [0.29, 0.717) is 6.54 Å². The van der Waals surface area contributed by atoms with Crippen LogP contribution in [0.3, 0.4) is 0 Å². The highest BCUT2D eigenvalue weighted by atomic mass is 32.1. The number of ether oxygens (including phenoxy) is 1. The van der Waals surface area contributed by atoms with Gasteiger partial charge in [0, 0.05) is 38.3 Å². The zero-order chi connectivity index (χ0) is 20.6. The molecule has 0 spiro atoms. The van der Waals surface area contributed by atoms with Gasteiger partial charge < -0.3 is 24.4 Å². The van der Waals surface area contributed by atoms with Crippen molar-refractivity contribution < 1.29 is 9.26 Å². The Balaban J connectivity index is 1.95. The van der Waals surface area contributed by atoms with Crippen molar-refractivity contribution in [1.29, 1.82) is 0 Å². The molecule has 1 aromatic carbocycles. The third-order valence-corrected chi connectivity index (χ3v) is 5.68. The van der Waals surface area contributed by atoms with Crippen molar-refractivity contribution in [2.45, 2.75) is 46.3 Å². The Morgan fingerprint density at radius 1 is 1.21 bits per heavy atom. The molecule has 1 atom stereocenters. The number of benzene rings is 1. The monoisotopic (exact) mass is 416 g/mol. The van der Waals surface area contributed by atoms with E-state index in [1.165, 1.54) is 0 Å². The number of aromatic nitrogens is 1. The predicted molar refractivity (Wildman–Crippen MR) is 121 cm³/mol. The Morgan fingerprint density at radius 3 is 2.59 bits per heavy atom. The van der Waals surface area contributed by atoms with E-state index in [-0.39, 0.29) is 6.10 Å². The standard InChI is InChI=1S/C22H32N4O2S/c1-4-23-22(29)26(15-18-13-10-14-27-18)16-19-20(17-11-8-7-9-12-17)24-28-21(19)25(5-2)6-3/h7-9,11-12,18H,4-6,10,13-16H2,1-3H3,(H,23,29). The first-order valence-corrected chi connectivity index (χ1v) is 11.0. The fourth-order valence-corrected chi connectivity index (χ4v) is 4.02. The van der Waals surface area contributed by atoms with Crippen molar-refractivity contribution in [3.05, 3.63) is 35.9 Å². The van der Waals surface area contributed by atoms with E-state index in [4.69, 9.17) is 21.5 Å². The maximum atomic E-state index is 5.89. The van der Waals surface area contributed by atoms with Crippen molar-refractivity contribution in [2.75, 3.05) is 37.7 Å². The SMILES string of the molecule is CCNC(=S)N(Cc1c(-c2ccccc2)noc1N(CC)CC)CC1CCCO1. The number of anilines is 1. The van der Waals surface area contributed by atoms with Gasteiger partial charge in [-0.3, -0.25) is 0 Å². The number of thiocarbonyl (C=S) groups is 1. The van der Waals surface area contributed by atoms with Crippen LogP contribution in [-0.4, -0.2) is 54.1 Å². The van der Waals surface area contributed by atoms with Gasteiger partial charge in [-0.05, 0) is 45.8 Å². The minimum atomic E-state index is 0.212. The summed E-state index contributed by atoms with van der Waals surface area (Å²) in [5.41, 5.74) is 3.00. The Hall–Kier alpha value is -2.12. The zero-order valence-electron chi connectivity index (χ0n) is 17.7. The van der Waals surface area contributed by atoms with E-state index in [2.05, 4.69) is 53.2 Å². The van der Waals surface area contributed by atoms with Crippen LogP contribution in [0.15, 0.2) is 34.9 Å². The van der Waals surface area contributed by atoms with E-state index in [0.717, 1.165) is 73.4 Å². The van der Waals surface area contributed by atoms with E-state index >= 15 is 0 Å². The van der Waals surface area contributed by atoms with Crippen LogP contribution < -0.4 is 10.2 Å². The summed E-state index contributed by atoms with van der Waals surface area (Å²) in [6.07, 6.45) is 2.40. The molecule has 6 nitrogen and oxygen atoms in total. The fourth-order valence-electron chi connectivity index (χ4n) is 3.73. The average molecular weight is 417 g/mol. The molecule has 1 aliphatic rings. The van der Waals surface area contributed by atoms with Crippen LogP contribution in [0.25, 0.3) is 11.3 Å². The third kappa shape index (κ3) is 5.28. The fraction of sp³-hybridized carbons (Fsp3) is 0.545. The smallest absolute Gasteiger partial charge is 0.232 e. The lowest BCUT2D eigenvalue weighted by molar-refractivity contribution is 0.0898. The summed E-state index contributed by atoms with van der Waals surface area (Å²) in [5.74, 6) is 0.825. The summed E-state index contributed by atoms with van der Waals surface area (Å²) in [6, 6.07) is 10.2. The first kappa shape index (κ1) is 21.6. The van der Waals surface area contributed by atoms with Gasteiger partial charge in [0.1, 0.15) is 5.69 Å². The summed E-state index contributed by atoms with van der Waals surface area (Å²) in [4.78, 5) is 4.40. The van der Waals surface area contributed by atoms with Crippen LogP contribution in [0.5, 0.6) is 0 Å². The Bertz CT molecular complexity index is 770. The quantitative estimate of drug-likeness (QED) is 0.619. The summed E-state index contributed by atoms with van der Waals surface area (Å²) < 4.78 is 11.7. The molecule has 0 saturated carbocycles. The lowest BCUT2D eigenvalue weighted by Gasteiger charge is -2.29. The highest BCUT2D eigenvalue weighted by molar-refractivity contribution is 7.80. The summed E-state index contributed by atoms with van der Waals surface area (Å²) in [7, 11) is 0. The van der Waals surface area contributed by atoms with E-state index in [9.17, 15) is 0 Å². The first-order chi connectivity index (χ1) is 14.2. The van der Waals surface area contributed by atoms with Crippen LogP contribution in [-0.2, 0) is 11.3 Å². The van der Waals surface area contributed by atoms with Crippen LogP contribution in [0.4, 0.5) is 5.88 Å². The number of nitrogens with one attached hydrogen (secondary N) is 1. The van der Waals surface area contributed by atoms with Gasteiger partial charge in [-0.2, -0.15) is 0 Å². The van der Waals surface area contributed by atoms with Gasteiger partial charge in [-0.15, -0.1) is 0 Å². The minimum Gasteiger partial charge on any atom is -0.376 e. The molecule has 29 heavy (non-hydrogen) atoms. The molecule has 0 aliphatic carbocycles. The van der Waals surface area contributed by atoms with E-state index < -0.39 is 0 Å². The van der Waals surface area contributed by atoms with Crippen molar-refractivity contribution in [3.63, 3.8) is 0 Å². The Labute approximate surface area is 179 Å². The van der Waals surface area contributed by atoms with Crippen molar-refractivity contribution in [2.24, 2.45) is 0 Å². The first-order valence-electron chi connectivity index (χ1n) is 10.6. The van der Waals surface area contributed by atoms with Crippen LogP contribution in [0, 0.1) is 0 Å². The second-order valence-corrected chi connectivity index (χ2v) is 7.59. The number of hydrogen-bond donors (Lipinski definition) is 1. The maximum Gasteiger partial charge on any atom is 0.232 e. The van der Waals surface area contributed by atoms with Crippen LogP contribution in [0.2, 0.25) is 0 Å². The molecule has 1 unspecified atom stereocenters. The van der Waals surface area contributed by atoms with Gasteiger partial charge in [0.2, 0.25) is 5.88 Å². The van der Waals surface area contributed by atoms with E-state index in [1.54, 1.807) is 0 Å². The van der Waals surface area contributed by atoms with E-state index in [1.807, 2.05) is 18.2 Å². The molecule has 1 aliphatic heterocycles. The number of rotatable bonds is 9. The van der Waals surface area contributed by atoms with Crippen molar-refractivity contribution >= 4 is 23.2 Å².